The Bertz CT molecular complexity index is 319. The summed E-state index contributed by atoms with van der Waals surface area (Å²) in [6.45, 7) is 1.64. The minimum absolute atomic E-state index is 0.182. The van der Waals surface area contributed by atoms with E-state index in [2.05, 4.69) is 0 Å². The molecule has 0 aromatic heterocycles. The Kier molecular flexibility index (Phi) is 5.02. The van der Waals surface area contributed by atoms with Crippen molar-refractivity contribution in [2.75, 3.05) is 20.2 Å². The van der Waals surface area contributed by atoms with E-state index in [4.69, 9.17) is 16.7 Å². The molecule has 1 rings (SSSR count). The van der Waals surface area contributed by atoms with Gasteiger partial charge in [0.05, 0.1) is 0 Å². The molecule has 2 nitrogen and oxygen atoms in total. The van der Waals surface area contributed by atoms with Gasteiger partial charge in [0.2, 0.25) is 0 Å². The molecule has 0 bridgehead atoms. The Morgan fingerprint density at radius 3 is 2.80 bits per heavy atom. The maximum Gasteiger partial charge on any atom is 0.124 e. The molecule has 0 saturated heterocycles. The van der Waals surface area contributed by atoms with Gasteiger partial charge in [-0.3, -0.25) is 0 Å². The van der Waals surface area contributed by atoms with Crippen LogP contribution in [0.1, 0.15) is 12.0 Å². The Morgan fingerprint density at radius 2 is 2.20 bits per heavy atom. The predicted octanol–water partition coefficient (Wildman–Crippen LogP) is 2.29. The van der Waals surface area contributed by atoms with E-state index >= 15 is 0 Å². The van der Waals surface area contributed by atoms with Gasteiger partial charge in [0.15, 0.2) is 0 Å². The maximum atomic E-state index is 12.8. The van der Waals surface area contributed by atoms with Crippen molar-refractivity contribution in [1.82, 2.24) is 4.90 Å². The Morgan fingerprint density at radius 1 is 1.47 bits per heavy atom. The van der Waals surface area contributed by atoms with E-state index in [1.165, 1.54) is 12.1 Å². The summed E-state index contributed by atoms with van der Waals surface area (Å²) in [7, 11) is 1.94. The monoisotopic (exact) mass is 231 g/mol. The molecule has 0 radical (unpaired) electrons. The fraction of sp³-hybridized carbons (Fsp3) is 0.455. The molecule has 0 amide bonds. The van der Waals surface area contributed by atoms with E-state index < -0.39 is 0 Å². The van der Waals surface area contributed by atoms with Crippen LogP contribution >= 0.6 is 11.6 Å². The summed E-state index contributed by atoms with van der Waals surface area (Å²) in [4.78, 5) is 2.04. The number of benzene rings is 1. The summed E-state index contributed by atoms with van der Waals surface area (Å²) in [6, 6.07) is 4.41. The van der Waals surface area contributed by atoms with Crippen molar-refractivity contribution in [2.24, 2.45) is 0 Å². The van der Waals surface area contributed by atoms with Crippen LogP contribution in [0.25, 0.3) is 0 Å². The zero-order valence-corrected chi connectivity index (χ0v) is 9.47. The molecular weight excluding hydrogens is 217 g/mol. The topological polar surface area (TPSA) is 23.5 Å². The highest BCUT2D eigenvalue weighted by Crippen LogP contribution is 2.18. The van der Waals surface area contributed by atoms with Crippen LogP contribution in [0, 0.1) is 5.82 Å². The molecule has 1 aromatic rings. The van der Waals surface area contributed by atoms with Gasteiger partial charge in [0.1, 0.15) is 5.82 Å². The molecule has 1 N–H and O–H groups in total. The van der Waals surface area contributed by atoms with Crippen LogP contribution in [-0.4, -0.2) is 30.2 Å². The summed E-state index contributed by atoms with van der Waals surface area (Å²) in [5, 5.41) is 9.12. The first-order valence-corrected chi connectivity index (χ1v) is 5.24. The lowest BCUT2D eigenvalue weighted by Gasteiger charge is -2.16. The number of rotatable bonds is 5. The van der Waals surface area contributed by atoms with Crippen molar-refractivity contribution >= 4 is 11.6 Å². The predicted molar refractivity (Wildman–Crippen MR) is 59.4 cm³/mol. The first kappa shape index (κ1) is 12.4. The van der Waals surface area contributed by atoms with Crippen molar-refractivity contribution in [3.63, 3.8) is 0 Å². The molecule has 0 aliphatic heterocycles. The summed E-state index contributed by atoms with van der Waals surface area (Å²) >= 11 is 5.89. The molecule has 1 aromatic carbocycles. The zero-order valence-electron chi connectivity index (χ0n) is 8.71. The van der Waals surface area contributed by atoms with Gasteiger partial charge in [-0.05, 0) is 31.2 Å². The van der Waals surface area contributed by atoms with Crippen LogP contribution in [0.3, 0.4) is 0 Å². The average Bonchev–Trinajstić information content (AvgIpc) is 2.19. The second-order valence-electron chi connectivity index (χ2n) is 3.55. The van der Waals surface area contributed by atoms with Crippen molar-refractivity contribution in [3.8, 4) is 0 Å². The van der Waals surface area contributed by atoms with E-state index in [1.54, 1.807) is 6.07 Å². The van der Waals surface area contributed by atoms with Crippen LogP contribution in [0.15, 0.2) is 18.2 Å². The maximum absolute atomic E-state index is 12.8. The van der Waals surface area contributed by atoms with E-state index in [9.17, 15) is 4.39 Å². The van der Waals surface area contributed by atoms with Crippen molar-refractivity contribution < 1.29 is 9.50 Å². The van der Waals surface area contributed by atoms with Gasteiger partial charge in [-0.2, -0.15) is 0 Å². The number of hydrogen-bond donors (Lipinski definition) is 1. The van der Waals surface area contributed by atoms with Crippen LogP contribution in [0.2, 0.25) is 5.02 Å². The molecule has 15 heavy (non-hydrogen) atoms. The number of aliphatic hydroxyl groups is 1. The third kappa shape index (κ3) is 4.16. The SMILES string of the molecule is CN(CCCO)Cc1ccc(F)cc1Cl. The minimum Gasteiger partial charge on any atom is -0.396 e. The van der Waals surface area contributed by atoms with E-state index in [0.29, 0.717) is 11.6 Å². The summed E-state index contributed by atoms with van der Waals surface area (Å²) in [5.41, 5.74) is 0.901. The molecule has 4 heteroatoms. The molecule has 0 heterocycles. The lowest BCUT2D eigenvalue weighted by Crippen LogP contribution is -2.20. The van der Waals surface area contributed by atoms with Gasteiger partial charge >= 0.3 is 0 Å². The Hall–Kier alpha value is -0.640. The number of nitrogens with zero attached hydrogens (tertiary/aromatic N) is 1. The van der Waals surface area contributed by atoms with Crippen LogP contribution in [0.5, 0.6) is 0 Å². The van der Waals surface area contributed by atoms with Crippen molar-refractivity contribution in [2.45, 2.75) is 13.0 Å². The lowest BCUT2D eigenvalue weighted by molar-refractivity contribution is 0.244. The molecule has 84 valence electrons. The smallest absolute Gasteiger partial charge is 0.124 e. The number of halogens is 2. The largest absolute Gasteiger partial charge is 0.396 e. The van der Waals surface area contributed by atoms with Crippen LogP contribution in [0.4, 0.5) is 4.39 Å². The number of aliphatic hydroxyl groups excluding tert-OH is 1. The molecule has 0 aliphatic rings. The Labute approximate surface area is 94.3 Å². The van der Waals surface area contributed by atoms with Crippen molar-refractivity contribution in [3.05, 3.63) is 34.6 Å². The molecular formula is C11H15ClFNO. The third-order valence-corrected chi connectivity index (χ3v) is 2.51. The van der Waals surface area contributed by atoms with Gasteiger partial charge in [-0.1, -0.05) is 17.7 Å². The fourth-order valence-corrected chi connectivity index (χ4v) is 1.59. The molecule has 0 aliphatic carbocycles. The lowest BCUT2D eigenvalue weighted by atomic mass is 10.2. The normalized spacial score (nSPS) is 11.0. The molecule has 0 atom stereocenters. The van der Waals surface area contributed by atoms with Crippen LogP contribution < -0.4 is 0 Å². The van der Waals surface area contributed by atoms with Gasteiger partial charge in [0.25, 0.3) is 0 Å². The zero-order chi connectivity index (χ0) is 11.3. The highest BCUT2D eigenvalue weighted by atomic mass is 35.5. The van der Waals surface area contributed by atoms with Crippen molar-refractivity contribution in [1.29, 1.82) is 0 Å². The molecule has 0 saturated carbocycles. The summed E-state index contributed by atoms with van der Waals surface area (Å²) < 4.78 is 12.8. The number of hydrogen-bond acceptors (Lipinski definition) is 2. The van der Waals surface area contributed by atoms with Crippen LogP contribution in [-0.2, 0) is 6.54 Å². The highest BCUT2D eigenvalue weighted by molar-refractivity contribution is 6.31. The quantitative estimate of drug-likeness (QED) is 0.841. The van der Waals surface area contributed by atoms with E-state index in [1.807, 2.05) is 11.9 Å². The van der Waals surface area contributed by atoms with E-state index in [0.717, 1.165) is 18.5 Å². The standard InChI is InChI=1S/C11H15ClFNO/c1-14(5-2-6-15)8-9-3-4-10(13)7-11(9)12/h3-4,7,15H,2,5-6,8H2,1H3. The van der Waals surface area contributed by atoms with Gasteiger partial charge in [-0.15, -0.1) is 0 Å². The Balaban J connectivity index is 2.56. The third-order valence-electron chi connectivity index (χ3n) is 2.15. The van der Waals surface area contributed by atoms with Gasteiger partial charge in [-0.25, -0.2) is 4.39 Å². The van der Waals surface area contributed by atoms with Gasteiger partial charge in [0, 0.05) is 24.7 Å². The molecule has 0 fully saturated rings. The average molecular weight is 232 g/mol. The second kappa shape index (κ2) is 6.05. The fourth-order valence-electron chi connectivity index (χ4n) is 1.36. The first-order chi connectivity index (χ1) is 7.13. The second-order valence-corrected chi connectivity index (χ2v) is 3.96. The highest BCUT2D eigenvalue weighted by Gasteiger charge is 2.05. The summed E-state index contributed by atoms with van der Waals surface area (Å²) in [6.07, 6.45) is 0.731. The minimum atomic E-state index is -0.318. The van der Waals surface area contributed by atoms with Gasteiger partial charge < -0.3 is 10.0 Å². The molecule has 0 spiro atoms. The molecule has 0 unspecified atom stereocenters. The summed E-state index contributed by atoms with van der Waals surface area (Å²) in [5.74, 6) is -0.318. The first-order valence-electron chi connectivity index (χ1n) is 4.87. The van der Waals surface area contributed by atoms with E-state index in [-0.39, 0.29) is 12.4 Å².